The van der Waals surface area contributed by atoms with Gasteiger partial charge < -0.3 is 5.11 Å². The Hall–Kier alpha value is -0.970. The van der Waals surface area contributed by atoms with E-state index >= 15 is 0 Å². The van der Waals surface area contributed by atoms with Gasteiger partial charge in [-0.1, -0.05) is 39.7 Å². The molecule has 1 atom stereocenters. The van der Waals surface area contributed by atoms with Crippen LogP contribution in [0.2, 0.25) is 5.02 Å². The van der Waals surface area contributed by atoms with E-state index in [9.17, 15) is 13.9 Å². The number of aliphatic hydroxyl groups excluding tert-OH is 1. The summed E-state index contributed by atoms with van der Waals surface area (Å²) < 4.78 is 27.5. The Morgan fingerprint density at radius 3 is 2.47 bits per heavy atom. The monoisotopic (exact) mass is 346 g/mol. The van der Waals surface area contributed by atoms with Crippen molar-refractivity contribution in [2.75, 3.05) is 0 Å². The molecule has 0 spiro atoms. The molecule has 0 saturated carbocycles. The molecule has 0 radical (unpaired) electrons. The van der Waals surface area contributed by atoms with E-state index in [4.69, 9.17) is 11.6 Å². The van der Waals surface area contributed by atoms with Crippen LogP contribution in [-0.4, -0.2) is 5.11 Å². The van der Waals surface area contributed by atoms with E-state index in [1.165, 1.54) is 24.3 Å². The average molecular weight is 348 g/mol. The van der Waals surface area contributed by atoms with Gasteiger partial charge in [0.1, 0.15) is 11.6 Å². The Balaban J connectivity index is 2.20. The lowest BCUT2D eigenvalue weighted by Crippen LogP contribution is -2.04. The maximum Gasteiger partial charge on any atom is 0.142 e. The lowest BCUT2D eigenvalue weighted by atomic mass is 10.0. The van der Waals surface area contributed by atoms with Crippen LogP contribution in [0.25, 0.3) is 0 Å². The molecule has 0 aliphatic carbocycles. The Bertz CT molecular complexity index is 604. The molecule has 0 aliphatic rings. The van der Waals surface area contributed by atoms with Crippen molar-refractivity contribution in [3.63, 3.8) is 0 Å². The zero-order chi connectivity index (χ0) is 14.0. The van der Waals surface area contributed by atoms with Crippen molar-refractivity contribution in [3.8, 4) is 0 Å². The lowest BCUT2D eigenvalue weighted by molar-refractivity contribution is 0.173. The largest absolute Gasteiger partial charge is 0.388 e. The molecule has 2 rings (SSSR count). The Morgan fingerprint density at radius 1 is 1.11 bits per heavy atom. The van der Waals surface area contributed by atoms with Crippen LogP contribution in [0.5, 0.6) is 0 Å². The number of hydrogen-bond donors (Lipinski definition) is 1. The van der Waals surface area contributed by atoms with Crippen LogP contribution in [0, 0.1) is 11.6 Å². The molecule has 2 aromatic carbocycles. The average Bonchev–Trinajstić information content (AvgIpc) is 2.33. The minimum atomic E-state index is -1.03. The van der Waals surface area contributed by atoms with Gasteiger partial charge in [-0.15, -0.1) is 0 Å². The first-order chi connectivity index (χ1) is 8.97. The summed E-state index contributed by atoms with van der Waals surface area (Å²) in [4.78, 5) is 0. The van der Waals surface area contributed by atoms with Crippen molar-refractivity contribution in [1.82, 2.24) is 0 Å². The van der Waals surface area contributed by atoms with Crippen molar-refractivity contribution in [3.05, 3.63) is 68.7 Å². The normalized spacial score (nSPS) is 12.5. The molecule has 0 bridgehead atoms. The maximum atomic E-state index is 13.7. The minimum absolute atomic E-state index is 0.0214. The third-order valence-electron chi connectivity index (χ3n) is 2.73. The maximum absolute atomic E-state index is 13.7. The topological polar surface area (TPSA) is 20.2 Å². The predicted octanol–water partition coefficient (Wildman–Crippen LogP) is 4.66. The first-order valence-corrected chi connectivity index (χ1v) is 6.71. The molecule has 19 heavy (non-hydrogen) atoms. The highest BCUT2D eigenvalue weighted by molar-refractivity contribution is 9.10. The molecule has 0 aliphatic heterocycles. The van der Waals surface area contributed by atoms with Gasteiger partial charge in [-0.05, 0) is 29.8 Å². The van der Waals surface area contributed by atoms with Crippen LogP contribution in [0.4, 0.5) is 8.78 Å². The summed E-state index contributed by atoms with van der Waals surface area (Å²) in [6.45, 7) is 0. The molecule has 0 fully saturated rings. The third-order valence-corrected chi connectivity index (χ3v) is 3.53. The van der Waals surface area contributed by atoms with Crippen LogP contribution in [0.3, 0.4) is 0 Å². The summed E-state index contributed by atoms with van der Waals surface area (Å²) in [6.07, 6.45) is -0.916. The fourth-order valence-corrected chi connectivity index (χ4v) is 2.22. The van der Waals surface area contributed by atoms with Crippen LogP contribution >= 0.6 is 27.5 Å². The zero-order valence-electron chi connectivity index (χ0n) is 9.71. The van der Waals surface area contributed by atoms with E-state index in [-0.39, 0.29) is 17.0 Å². The van der Waals surface area contributed by atoms with Crippen molar-refractivity contribution in [1.29, 1.82) is 0 Å². The summed E-state index contributed by atoms with van der Waals surface area (Å²) in [5, 5.41) is 10.0. The molecule has 1 unspecified atom stereocenters. The SMILES string of the molecule is OC(Cc1ccc(Cl)c(F)c1)c1ccc(Br)cc1F. The molecule has 2 aromatic rings. The van der Waals surface area contributed by atoms with Gasteiger partial charge in [-0.25, -0.2) is 8.78 Å². The fourth-order valence-electron chi connectivity index (χ4n) is 1.77. The fraction of sp³-hybridized carbons (Fsp3) is 0.143. The molecule has 0 aromatic heterocycles. The Labute approximate surface area is 123 Å². The van der Waals surface area contributed by atoms with Crippen LogP contribution in [0.1, 0.15) is 17.2 Å². The van der Waals surface area contributed by atoms with Gasteiger partial charge in [0.05, 0.1) is 11.1 Å². The van der Waals surface area contributed by atoms with Crippen LogP contribution in [-0.2, 0) is 6.42 Å². The molecule has 0 heterocycles. The number of hydrogen-bond acceptors (Lipinski definition) is 1. The van der Waals surface area contributed by atoms with E-state index in [0.717, 1.165) is 0 Å². The van der Waals surface area contributed by atoms with E-state index in [0.29, 0.717) is 10.0 Å². The first-order valence-electron chi connectivity index (χ1n) is 5.54. The van der Waals surface area contributed by atoms with E-state index < -0.39 is 17.7 Å². The van der Waals surface area contributed by atoms with Crippen molar-refractivity contribution in [2.45, 2.75) is 12.5 Å². The molecular weight excluding hydrogens is 338 g/mol. The predicted molar refractivity (Wildman–Crippen MR) is 74.2 cm³/mol. The summed E-state index contributed by atoms with van der Waals surface area (Å²) in [5.74, 6) is -1.06. The summed E-state index contributed by atoms with van der Waals surface area (Å²) in [6, 6.07) is 8.67. The van der Waals surface area contributed by atoms with Crippen molar-refractivity contribution >= 4 is 27.5 Å². The molecule has 5 heteroatoms. The second kappa shape index (κ2) is 5.99. The van der Waals surface area contributed by atoms with Gasteiger partial charge in [0, 0.05) is 16.5 Å². The zero-order valence-corrected chi connectivity index (χ0v) is 12.0. The molecule has 1 N–H and O–H groups in total. The standard InChI is InChI=1S/C14H10BrClF2O/c15-9-2-3-10(12(17)7-9)14(19)6-8-1-4-11(16)13(18)5-8/h1-5,7,14,19H,6H2. The van der Waals surface area contributed by atoms with E-state index in [1.54, 1.807) is 12.1 Å². The molecule has 0 amide bonds. The quantitative estimate of drug-likeness (QED) is 0.856. The van der Waals surface area contributed by atoms with E-state index in [1.807, 2.05) is 0 Å². The van der Waals surface area contributed by atoms with Gasteiger partial charge >= 0.3 is 0 Å². The molecule has 0 saturated heterocycles. The van der Waals surface area contributed by atoms with Crippen molar-refractivity contribution < 1.29 is 13.9 Å². The second-order valence-corrected chi connectivity index (χ2v) is 5.46. The van der Waals surface area contributed by atoms with Gasteiger partial charge in [-0.3, -0.25) is 0 Å². The van der Waals surface area contributed by atoms with Gasteiger partial charge in [-0.2, -0.15) is 0 Å². The number of benzene rings is 2. The number of aliphatic hydroxyl groups is 1. The number of rotatable bonds is 3. The summed E-state index contributed by atoms with van der Waals surface area (Å²) in [5.41, 5.74) is 0.732. The number of halogens is 4. The van der Waals surface area contributed by atoms with Crippen LogP contribution in [0.15, 0.2) is 40.9 Å². The Kier molecular flexibility index (Phi) is 4.55. The summed E-state index contributed by atoms with van der Waals surface area (Å²) >= 11 is 8.72. The lowest BCUT2D eigenvalue weighted by Gasteiger charge is -2.12. The van der Waals surface area contributed by atoms with E-state index in [2.05, 4.69) is 15.9 Å². The second-order valence-electron chi connectivity index (χ2n) is 4.13. The van der Waals surface area contributed by atoms with Crippen LogP contribution < -0.4 is 0 Å². The molecule has 100 valence electrons. The van der Waals surface area contributed by atoms with Crippen molar-refractivity contribution in [2.24, 2.45) is 0 Å². The van der Waals surface area contributed by atoms with Gasteiger partial charge in [0.15, 0.2) is 0 Å². The van der Waals surface area contributed by atoms with Gasteiger partial charge in [0.25, 0.3) is 0 Å². The summed E-state index contributed by atoms with van der Waals surface area (Å²) in [7, 11) is 0. The highest BCUT2D eigenvalue weighted by atomic mass is 79.9. The first kappa shape index (κ1) is 14.4. The highest BCUT2D eigenvalue weighted by Crippen LogP contribution is 2.25. The molecular formula is C14H10BrClF2O. The Morgan fingerprint density at radius 2 is 1.84 bits per heavy atom. The minimum Gasteiger partial charge on any atom is -0.388 e. The highest BCUT2D eigenvalue weighted by Gasteiger charge is 2.14. The molecule has 1 nitrogen and oxygen atoms in total. The smallest absolute Gasteiger partial charge is 0.142 e. The third kappa shape index (κ3) is 3.53. The van der Waals surface area contributed by atoms with Gasteiger partial charge in [0.2, 0.25) is 0 Å².